The normalized spacial score (nSPS) is 11.4. The predicted molar refractivity (Wildman–Crippen MR) is 203 cm³/mol. The van der Waals surface area contributed by atoms with E-state index in [1.807, 2.05) is 111 Å². The third-order valence-electron chi connectivity index (χ3n) is 8.23. The van der Waals surface area contributed by atoms with E-state index in [0.717, 1.165) is 33.4 Å². The fraction of sp³-hybridized carbons (Fsp3) is 0.130. The third-order valence-corrected chi connectivity index (χ3v) is 8.23. The van der Waals surface area contributed by atoms with Crippen LogP contribution in [-0.2, 0) is 19.1 Å². The van der Waals surface area contributed by atoms with Gasteiger partial charge in [-0.2, -0.15) is 0 Å². The molecular formula is C46H42O4. The smallest absolute Gasteiger partial charge is 0.331 e. The Morgan fingerprint density at radius 1 is 0.480 bits per heavy atom. The van der Waals surface area contributed by atoms with Crippen LogP contribution in [0.3, 0.4) is 0 Å². The van der Waals surface area contributed by atoms with Gasteiger partial charge in [-0.15, -0.1) is 0 Å². The molecule has 4 nitrogen and oxygen atoms in total. The van der Waals surface area contributed by atoms with Gasteiger partial charge in [-0.3, -0.25) is 4.79 Å². The number of hydrogen-bond donors (Lipinski definition) is 0. The Balaban J connectivity index is 0.000000194. The van der Waals surface area contributed by atoms with Gasteiger partial charge < -0.3 is 9.47 Å². The Morgan fingerprint density at radius 3 is 1.38 bits per heavy atom. The van der Waals surface area contributed by atoms with E-state index in [1.54, 1.807) is 6.08 Å². The van der Waals surface area contributed by atoms with Crippen LogP contribution < -0.4 is 0 Å². The van der Waals surface area contributed by atoms with Crippen LogP contribution in [0.5, 0.6) is 0 Å². The van der Waals surface area contributed by atoms with Crippen LogP contribution >= 0.6 is 0 Å². The second kappa shape index (κ2) is 18.5. The Labute approximate surface area is 295 Å². The van der Waals surface area contributed by atoms with E-state index in [1.165, 1.54) is 16.7 Å². The standard InChI is InChI=1S/C23H22O2.C23H20O2/c2*1-2-25-23(24)17-22(20-11-7-4-8-12-20)21-15-13-19(14-16-21)18-9-5-3-6-10-18/h3-16,22H,2,17H2,1H3;3-17H,2H2,1H3. The fourth-order valence-electron chi connectivity index (χ4n) is 5.76. The zero-order valence-electron chi connectivity index (χ0n) is 28.6. The molecule has 0 aromatic heterocycles. The van der Waals surface area contributed by atoms with Crippen LogP contribution in [0.2, 0.25) is 0 Å². The van der Waals surface area contributed by atoms with Gasteiger partial charge in [0.25, 0.3) is 0 Å². The minimum atomic E-state index is -0.325. The van der Waals surface area contributed by atoms with Crippen LogP contribution in [0.15, 0.2) is 176 Å². The quantitative estimate of drug-likeness (QED) is 0.103. The molecule has 0 bridgehead atoms. The maximum Gasteiger partial charge on any atom is 0.331 e. The molecule has 6 rings (SSSR count). The molecule has 0 radical (unpaired) electrons. The van der Waals surface area contributed by atoms with Gasteiger partial charge in [0.15, 0.2) is 0 Å². The molecule has 0 spiro atoms. The molecule has 0 saturated heterocycles. The number of esters is 2. The van der Waals surface area contributed by atoms with Gasteiger partial charge in [0, 0.05) is 12.0 Å². The van der Waals surface area contributed by atoms with Crippen molar-refractivity contribution in [1.82, 2.24) is 0 Å². The third kappa shape index (κ3) is 10.0. The van der Waals surface area contributed by atoms with E-state index < -0.39 is 0 Å². The van der Waals surface area contributed by atoms with Crippen LogP contribution in [-0.4, -0.2) is 25.2 Å². The molecular weight excluding hydrogens is 617 g/mol. The first-order valence-corrected chi connectivity index (χ1v) is 17.0. The highest BCUT2D eigenvalue weighted by atomic mass is 16.5. The van der Waals surface area contributed by atoms with Crippen molar-refractivity contribution in [3.8, 4) is 22.3 Å². The van der Waals surface area contributed by atoms with Gasteiger partial charge >= 0.3 is 11.9 Å². The van der Waals surface area contributed by atoms with E-state index in [4.69, 9.17) is 9.47 Å². The summed E-state index contributed by atoms with van der Waals surface area (Å²) >= 11 is 0. The van der Waals surface area contributed by atoms with Crippen LogP contribution in [0, 0.1) is 0 Å². The molecule has 0 N–H and O–H groups in total. The number of benzene rings is 6. The van der Waals surface area contributed by atoms with Gasteiger partial charge in [0.2, 0.25) is 0 Å². The summed E-state index contributed by atoms with van der Waals surface area (Å²) in [6, 6.07) is 57.2. The summed E-state index contributed by atoms with van der Waals surface area (Å²) in [5.41, 5.74) is 9.77. The maximum absolute atomic E-state index is 12.1. The van der Waals surface area contributed by atoms with E-state index in [2.05, 4.69) is 72.8 Å². The first-order chi connectivity index (χ1) is 24.6. The lowest BCUT2D eigenvalue weighted by Gasteiger charge is -2.18. The van der Waals surface area contributed by atoms with Gasteiger partial charge in [-0.05, 0) is 63.9 Å². The lowest BCUT2D eigenvalue weighted by molar-refractivity contribution is -0.143. The topological polar surface area (TPSA) is 52.6 Å². The van der Waals surface area contributed by atoms with E-state index in [-0.39, 0.29) is 17.9 Å². The summed E-state index contributed by atoms with van der Waals surface area (Å²) in [6.07, 6.45) is 1.92. The summed E-state index contributed by atoms with van der Waals surface area (Å²) in [5.74, 6) is -0.484. The molecule has 50 heavy (non-hydrogen) atoms. The van der Waals surface area contributed by atoms with Crippen LogP contribution in [0.1, 0.15) is 48.4 Å². The molecule has 0 aliphatic carbocycles. The molecule has 0 fully saturated rings. The number of carbonyl (C=O) groups is 2. The number of ether oxygens (including phenoxy) is 2. The van der Waals surface area contributed by atoms with Crippen molar-refractivity contribution in [2.24, 2.45) is 0 Å². The average Bonchev–Trinajstić information content (AvgIpc) is 3.18. The first kappa shape index (κ1) is 35.3. The van der Waals surface area contributed by atoms with Gasteiger partial charge in [-0.25, -0.2) is 4.79 Å². The van der Waals surface area contributed by atoms with Crippen molar-refractivity contribution in [3.05, 3.63) is 198 Å². The molecule has 6 aromatic carbocycles. The maximum atomic E-state index is 12.1. The number of hydrogen-bond acceptors (Lipinski definition) is 4. The van der Waals surface area contributed by atoms with Gasteiger partial charge in [-0.1, -0.05) is 170 Å². The van der Waals surface area contributed by atoms with E-state index in [0.29, 0.717) is 19.6 Å². The highest BCUT2D eigenvalue weighted by Gasteiger charge is 2.19. The van der Waals surface area contributed by atoms with Crippen molar-refractivity contribution in [3.63, 3.8) is 0 Å². The lowest BCUT2D eigenvalue weighted by atomic mass is 9.87. The highest BCUT2D eigenvalue weighted by Crippen LogP contribution is 2.31. The highest BCUT2D eigenvalue weighted by molar-refractivity contribution is 5.96. The minimum Gasteiger partial charge on any atom is -0.466 e. The second-order valence-corrected chi connectivity index (χ2v) is 11.6. The summed E-state index contributed by atoms with van der Waals surface area (Å²) < 4.78 is 10.3. The van der Waals surface area contributed by atoms with Crippen molar-refractivity contribution < 1.29 is 19.1 Å². The summed E-state index contributed by atoms with van der Waals surface area (Å²) in [4.78, 5) is 24.1. The largest absolute Gasteiger partial charge is 0.466 e. The van der Waals surface area contributed by atoms with E-state index in [9.17, 15) is 9.59 Å². The molecule has 0 saturated carbocycles. The lowest BCUT2D eigenvalue weighted by Crippen LogP contribution is -2.11. The monoisotopic (exact) mass is 658 g/mol. The zero-order valence-corrected chi connectivity index (χ0v) is 28.6. The zero-order chi connectivity index (χ0) is 35.0. The molecule has 0 heterocycles. The predicted octanol–water partition coefficient (Wildman–Crippen LogP) is 10.8. The Hall–Kier alpha value is -6.00. The van der Waals surface area contributed by atoms with Crippen molar-refractivity contribution >= 4 is 17.5 Å². The average molecular weight is 659 g/mol. The first-order valence-electron chi connectivity index (χ1n) is 17.0. The fourth-order valence-corrected chi connectivity index (χ4v) is 5.76. The second-order valence-electron chi connectivity index (χ2n) is 11.6. The number of rotatable bonds is 11. The van der Waals surface area contributed by atoms with Crippen molar-refractivity contribution in [1.29, 1.82) is 0 Å². The molecule has 6 aromatic rings. The Morgan fingerprint density at radius 2 is 0.880 bits per heavy atom. The molecule has 0 amide bonds. The summed E-state index contributed by atoms with van der Waals surface area (Å²) in [5, 5.41) is 0. The number of carbonyl (C=O) groups excluding carboxylic acids is 2. The van der Waals surface area contributed by atoms with Crippen LogP contribution in [0.25, 0.3) is 27.8 Å². The summed E-state index contributed by atoms with van der Waals surface area (Å²) in [6.45, 7) is 4.42. The van der Waals surface area contributed by atoms with Gasteiger partial charge in [0.1, 0.15) is 0 Å². The summed E-state index contributed by atoms with van der Waals surface area (Å²) in [7, 11) is 0. The molecule has 0 aliphatic heterocycles. The Kier molecular flexibility index (Phi) is 13.1. The van der Waals surface area contributed by atoms with Crippen molar-refractivity contribution in [2.75, 3.05) is 13.2 Å². The molecule has 0 aliphatic rings. The molecule has 4 heteroatoms. The Bertz CT molecular complexity index is 1930. The molecule has 1 unspecified atom stereocenters. The van der Waals surface area contributed by atoms with Gasteiger partial charge in [0.05, 0.1) is 19.6 Å². The minimum absolute atomic E-state index is 0.00470. The van der Waals surface area contributed by atoms with Crippen molar-refractivity contribution in [2.45, 2.75) is 26.2 Å². The van der Waals surface area contributed by atoms with E-state index >= 15 is 0 Å². The molecule has 250 valence electrons. The molecule has 1 atom stereocenters. The SMILES string of the molecule is CCOC(=O)C=C(c1ccccc1)c1ccc(-c2ccccc2)cc1.CCOC(=O)CC(c1ccccc1)c1ccc(-c2ccccc2)cc1. The van der Waals surface area contributed by atoms with Crippen LogP contribution in [0.4, 0.5) is 0 Å².